The Morgan fingerprint density at radius 3 is 2.33 bits per heavy atom. The van der Waals surface area contributed by atoms with Crippen LogP contribution >= 0.6 is 23.5 Å². The van der Waals surface area contributed by atoms with Crippen molar-refractivity contribution >= 4 is 35.1 Å². The number of hydrogen-bond donors (Lipinski definition) is 0. The minimum absolute atomic E-state index is 0.0786. The highest BCUT2D eigenvalue weighted by Crippen LogP contribution is 2.61. The van der Waals surface area contributed by atoms with Crippen molar-refractivity contribution in [3.63, 3.8) is 0 Å². The molecule has 1 atom stereocenters. The lowest BCUT2D eigenvalue weighted by molar-refractivity contribution is -0.124. The number of hydrogen-bond acceptors (Lipinski definition) is 4. The first-order valence-corrected chi connectivity index (χ1v) is 10.0. The number of ether oxygens (including phenoxy) is 1. The lowest BCUT2D eigenvalue weighted by Crippen LogP contribution is -2.66. The molecule has 1 amide bonds. The molecule has 1 spiro atoms. The van der Waals surface area contributed by atoms with E-state index in [1.54, 1.807) is 7.11 Å². The number of amides is 1. The van der Waals surface area contributed by atoms with Crippen molar-refractivity contribution in [3.05, 3.63) is 60.2 Å². The number of rotatable bonds is 3. The molecular weight excluding hydrogens is 338 g/mol. The highest BCUT2D eigenvalue weighted by atomic mass is 32.2. The molecule has 0 unspecified atom stereocenters. The van der Waals surface area contributed by atoms with Crippen LogP contribution in [0.5, 0.6) is 5.75 Å². The molecule has 0 aliphatic carbocycles. The fraction of sp³-hybridized carbons (Fsp3) is 0.316. The van der Waals surface area contributed by atoms with Crippen LogP contribution in [0.25, 0.3) is 0 Å². The van der Waals surface area contributed by atoms with Crippen LogP contribution in [0.3, 0.4) is 0 Å². The number of nitrogens with zero attached hydrogens (tertiary/aromatic N) is 1. The van der Waals surface area contributed by atoms with Gasteiger partial charge in [-0.2, -0.15) is 0 Å². The first-order chi connectivity index (χ1) is 11.8. The molecular formula is C19H19NO2S2. The van der Waals surface area contributed by atoms with Gasteiger partial charge in [0.25, 0.3) is 5.91 Å². The fourth-order valence-electron chi connectivity index (χ4n) is 3.35. The number of methoxy groups -OCH3 is 1. The van der Waals surface area contributed by atoms with Crippen molar-refractivity contribution in [2.24, 2.45) is 0 Å². The molecule has 2 aromatic carbocycles. The zero-order valence-electron chi connectivity index (χ0n) is 13.5. The molecule has 0 saturated carbocycles. The standard InChI is InChI=1S/C19H19NO2S2/c1-22-16-10-8-15(9-11-16)20-17(14-6-3-2-4-7-14)19(18(20)21)23-12-5-13-24-19/h2-4,6-11,17H,5,12-13H2,1H3/t17-/m1/s1. The van der Waals surface area contributed by atoms with Crippen molar-refractivity contribution in [1.29, 1.82) is 0 Å². The summed E-state index contributed by atoms with van der Waals surface area (Å²) >= 11 is 3.63. The summed E-state index contributed by atoms with van der Waals surface area (Å²) < 4.78 is 4.88. The Kier molecular flexibility index (Phi) is 4.22. The summed E-state index contributed by atoms with van der Waals surface area (Å²) in [4.78, 5) is 15.1. The van der Waals surface area contributed by atoms with Gasteiger partial charge in [-0.3, -0.25) is 4.79 Å². The van der Waals surface area contributed by atoms with Gasteiger partial charge in [0.1, 0.15) is 5.75 Å². The molecule has 0 bridgehead atoms. The zero-order chi connectivity index (χ0) is 16.6. The van der Waals surface area contributed by atoms with Crippen LogP contribution in [0.2, 0.25) is 0 Å². The summed E-state index contributed by atoms with van der Waals surface area (Å²) in [5, 5.41) is 0. The van der Waals surface area contributed by atoms with E-state index in [0.717, 1.165) is 22.9 Å². The van der Waals surface area contributed by atoms with Gasteiger partial charge in [0.2, 0.25) is 0 Å². The topological polar surface area (TPSA) is 29.5 Å². The van der Waals surface area contributed by atoms with E-state index in [-0.39, 0.29) is 16.0 Å². The quantitative estimate of drug-likeness (QED) is 0.764. The number of thioether (sulfide) groups is 2. The van der Waals surface area contributed by atoms with Gasteiger partial charge >= 0.3 is 0 Å². The van der Waals surface area contributed by atoms with Crippen LogP contribution in [0.1, 0.15) is 18.0 Å². The number of carbonyl (C=O) groups is 1. The van der Waals surface area contributed by atoms with Crippen molar-refractivity contribution in [2.45, 2.75) is 16.5 Å². The van der Waals surface area contributed by atoms with E-state index >= 15 is 0 Å². The second kappa shape index (κ2) is 6.37. The third kappa shape index (κ3) is 2.42. The summed E-state index contributed by atoms with van der Waals surface area (Å²) in [6.45, 7) is 0. The maximum absolute atomic E-state index is 13.1. The predicted molar refractivity (Wildman–Crippen MR) is 102 cm³/mol. The molecule has 2 aliphatic rings. The Hall–Kier alpha value is -1.59. The van der Waals surface area contributed by atoms with Crippen LogP contribution < -0.4 is 9.64 Å². The normalized spacial score (nSPS) is 22.3. The first kappa shape index (κ1) is 15.9. The second-order valence-electron chi connectivity index (χ2n) is 5.90. The number of benzene rings is 2. The minimum Gasteiger partial charge on any atom is -0.497 e. The largest absolute Gasteiger partial charge is 0.497 e. The van der Waals surface area contributed by atoms with Gasteiger partial charge in [-0.1, -0.05) is 30.3 Å². The second-order valence-corrected chi connectivity index (χ2v) is 8.84. The van der Waals surface area contributed by atoms with Crippen LogP contribution in [0.15, 0.2) is 54.6 Å². The van der Waals surface area contributed by atoms with E-state index in [2.05, 4.69) is 24.3 Å². The molecule has 2 aromatic rings. The van der Waals surface area contributed by atoms with Crippen LogP contribution in [-0.2, 0) is 4.79 Å². The lowest BCUT2D eigenvalue weighted by Gasteiger charge is -2.56. The fourth-order valence-corrected chi connectivity index (χ4v) is 6.79. The minimum atomic E-state index is -0.362. The van der Waals surface area contributed by atoms with Gasteiger partial charge < -0.3 is 9.64 Å². The van der Waals surface area contributed by atoms with Gasteiger partial charge in [0.05, 0.1) is 13.2 Å². The summed E-state index contributed by atoms with van der Waals surface area (Å²) in [6, 6.07) is 18.2. The third-order valence-electron chi connectivity index (χ3n) is 4.52. The molecule has 5 heteroatoms. The monoisotopic (exact) mass is 357 g/mol. The molecule has 4 rings (SSSR count). The molecule has 0 radical (unpaired) electrons. The zero-order valence-corrected chi connectivity index (χ0v) is 15.1. The Morgan fingerprint density at radius 1 is 1.04 bits per heavy atom. The van der Waals surface area contributed by atoms with Gasteiger partial charge in [-0.15, -0.1) is 23.5 Å². The Labute approximate surface area is 150 Å². The van der Waals surface area contributed by atoms with Crippen LogP contribution in [0, 0.1) is 0 Å². The van der Waals surface area contributed by atoms with E-state index in [1.165, 1.54) is 12.0 Å². The Balaban J connectivity index is 1.73. The van der Waals surface area contributed by atoms with E-state index in [0.29, 0.717) is 0 Å². The molecule has 2 aliphatic heterocycles. The maximum atomic E-state index is 13.1. The van der Waals surface area contributed by atoms with Gasteiger partial charge in [0, 0.05) is 5.69 Å². The molecule has 0 aromatic heterocycles. The van der Waals surface area contributed by atoms with E-state index < -0.39 is 0 Å². The van der Waals surface area contributed by atoms with Gasteiger partial charge in [0.15, 0.2) is 4.08 Å². The molecule has 2 fully saturated rings. The Morgan fingerprint density at radius 2 is 1.71 bits per heavy atom. The average molecular weight is 358 g/mol. The molecule has 2 saturated heterocycles. The highest BCUT2D eigenvalue weighted by molar-refractivity contribution is 8.20. The van der Waals surface area contributed by atoms with Gasteiger partial charge in [-0.05, 0) is 47.8 Å². The van der Waals surface area contributed by atoms with Crippen molar-refractivity contribution in [3.8, 4) is 5.75 Å². The summed E-state index contributed by atoms with van der Waals surface area (Å²) in [6.07, 6.45) is 1.18. The van der Waals surface area contributed by atoms with Crippen molar-refractivity contribution < 1.29 is 9.53 Å². The number of β-lactam (4-membered cyclic amide) rings is 1. The number of anilines is 1. The summed E-state index contributed by atoms with van der Waals surface area (Å²) in [7, 11) is 1.65. The molecule has 124 valence electrons. The van der Waals surface area contributed by atoms with E-state index in [4.69, 9.17) is 4.74 Å². The van der Waals surface area contributed by atoms with Crippen molar-refractivity contribution in [1.82, 2.24) is 0 Å². The summed E-state index contributed by atoms with van der Waals surface area (Å²) in [5.41, 5.74) is 2.14. The smallest absolute Gasteiger partial charge is 0.256 e. The molecule has 2 heterocycles. The SMILES string of the molecule is COc1ccc(N2C(=O)C3(SCCCS3)[C@H]2c2ccccc2)cc1. The molecule has 24 heavy (non-hydrogen) atoms. The molecule has 3 nitrogen and oxygen atoms in total. The Bertz CT molecular complexity index is 727. The predicted octanol–water partition coefficient (Wildman–Crippen LogP) is 4.35. The van der Waals surface area contributed by atoms with Crippen LogP contribution in [0.4, 0.5) is 5.69 Å². The lowest BCUT2D eigenvalue weighted by atomic mass is 9.91. The van der Waals surface area contributed by atoms with E-state index in [1.807, 2.05) is 58.8 Å². The highest BCUT2D eigenvalue weighted by Gasteiger charge is 2.63. The van der Waals surface area contributed by atoms with Gasteiger partial charge in [-0.25, -0.2) is 0 Å². The number of carbonyl (C=O) groups excluding carboxylic acids is 1. The first-order valence-electron chi connectivity index (χ1n) is 8.07. The van der Waals surface area contributed by atoms with E-state index in [9.17, 15) is 4.79 Å². The average Bonchev–Trinajstić information content (AvgIpc) is 2.67. The third-order valence-corrected chi connectivity index (χ3v) is 7.87. The van der Waals surface area contributed by atoms with Crippen LogP contribution in [-0.4, -0.2) is 28.6 Å². The van der Waals surface area contributed by atoms with Crippen molar-refractivity contribution in [2.75, 3.05) is 23.5 Å². The summed E-state index contributed by atoms with van der Waals surface area (Å²) in [5.74, 6) is 3.13. The molecule has 0 N–H and O–H groups in total. The maximum Gasteiger partial charge on any atom is 0.256 e.